The van der Waals surface area contributed by atoms with Crippen LogP contribution in [0.1, 0.15) is 25.8 Å². The van der Waals surface area contributed by atoms with Crippen molar-refractivity contribution in [1.82, 2.24) is 4.90 Å². The highest BCUT2D eigenvalue weighted by Gasteiger charge is 2.36. The van der Waals surface area contributed by atoms with Crippen LogP contribution in [0.4, 0.5) is 11.4 Å². The van der Waals surface area contributed by atoms with Crippen LogP contribution in [0.25, 0.3) is 0 Å². The normalized spacial score (nSPS) is 15.7. The minimum absolute atomic E-state index is 0.0454. The lowest BCUT2D eigenvalue weighted by atomic mass is 10.1. The number of carbonyl (C=O) groups is 4. The van der Waals surface area contributed by atoms with E-state index in [1.54, 1.807) is 43.4 Å². The highest BCUT2D eigenvalue weighted by molar-refractivity contribution is 5.96. The van der Waals surface area contributed by atoms with E-state index in [9.17, 15) is 19.2 Å². The van der Waals surface area contributed by atoms with E-state index in [-0.39, 0.29) is 24.8 Å². The molecule has 10 heteroatoms. The Morgan fingerprint density at radius 1 is 1.00 bits per heavy atom. The van der Waals surface area contributed by atoms with Gasteiger partial charge in [-0.05, 0) is 55.3 Å². The molecule has 192 valence electrons. The van der Waals surface area contributed by atoms with Gasteiger partial charge >= 0.3 is 5.97 Å². The molecule has 0 unspecified atom stereocenters. The summed E-state index contributed by atoms with van der Waals surface area (Å²) in [6, 6.07) is 12.1. The van der Waals surface area contributed by atoms with Crippen molar-refractivity contribution in [3.05, 3.63) is 48.0 Å². The average Bonchev–Trinajstić information content (AvgIpc) is 3.23. The molecular formula is C26H31N3O7. The number of hydrogen-bond acceptors (Lipinski definition) is 7. The largest absolute Gasteiger partial charge is 0.493 e. The van der Waals surface area contributed by atoms with Crippen molar-refractivity contribution >= 4 is 35.1 Å². The van der Waals surface area contributed by atoms with Crippen LogP contribution < -0.4 is 20.1 Å². The van der Waals surface area contributed by atoms with Gasteiger partial charge in [-0.1, -0.05) is 6.07 Å². The molecule has 36 heavy (non-hydrogen) atoms. The van der Waals surface area contributed by atoms with Crippen LogP contribution >= 0.6 is 0 Å². The summed E-state index contributed by atoms with van der Waals surface area (Å²) in [6.45, 7) is 3.57. The van der Waals surface area contributed by atoms with E-state index in [0.717, 1.165) is 5.56 Å². The van der Waals surface area contributed by atoms with Gasteiger partial charge in [0.15, 0.2) is 17.6 Å². The monoisotopic (exact) mass is 497 g/mol. The first-order valence-corrected chi connectivity index (χ1v) is 11.6. The maximum absolute atomic E-state index is 12.6. The van der Waals surface area contributed by atoms with Crippen LogP contribution in [0.3, 0.4) is 0 Å². The first kappa shape index (κ1) is 26.5. The SMILES string of the molecule is COc1ccc(CCN2C[C@H](C(=O)O[C@@H](C)C(=O)Nc3ccc(NC(C)=O)cc3)CC2=O)cc1OC. The zero-order valence-corrected chi connectivity index (χ0v) is 20.8. The van der Waals surface area contributed by atoms with Crippen LogP contribution in [-0.4, -0.2) is 62.0 Å². The lowest BCUT2D eigenvalue weighted by molar-refractivity contribution is -0.157. The Bertz CT molecular complexity index is 1120. The second-order valence-electron chi connectivity index (χ2n) is 8.51. The van der Waals surface area contributed by atoms with Crippen molar-refractivity contribution in [2.24, 2.45) is 5.92 Å². The van der Waals surface area contributed by atoms with Crippen molar-refractivity contribution in [3.63, 3.8) is 0 Å². The quantitative estimate of drug-likeness (QED) is 0.484. The summed E-state index contributed by atoms with van der Waals surface area (Å²) in [5.41, 5.74) is 2.07. The van der Waals surface area contributed by atoms with Gasteiger partial charge < -0.3 is 29.7 Å². The Kier molecular flexibility index (Phi) is 8.88. The number of nitrogens with zero attached hydrogens (tertiary/aromatic N) is 1. The molecule has 0 radical (unpaired) electrons. The molecule has 3 amide bonds. The molecular weight excluding hydrogens is 466 g/mol. The van der Waals surface area contributed by atoms with Crippen LogP contribution in [0.15, 0.2) is 42.5 Å². The number of nitrogens with one attached hydrogen (secondary N) is 2. The molecule has 1 fully saturated rings. The van der Waals surface area contributed by atoms with Gasteiger partial charge in [0.1, 0.15) is 0 Å². The van der Waals surface area contributed by atoms with Crippen LogP contribution in [0.5, 0.6) is 11.5 Å². The topological polar surface area (TPSA) is 123 Å². The van der Waals surface area contributed by atoms with E-state index < -0.39 is 23.9 Å². The maximum Gasteiger partial charge on any atom is 0.312 e. The lowest BCUT2D eigenvalue weighted by Crippen LogP contribution is -2.33. The zero-order valence-electron chi connectivity index (χ0n) is 20.8. The highest BCUT2D eigenvalue weighted by Crippen LogP contribution is 2.28. The van der Waals surface area contributed by atoms with Crippen LogP contribution in [0, 0.1) is 5.92 Å². The smallest absolute Gasteiger partial charge is 0.312 e. The Balaban J connectivity index is 1.48. The van der Waals surface area contributed by atoms with Gasteiger partial charge in [-0.25, -0.2) is 0 Å². The van der Waals surface area contributed by atoms with E-state index >= 15 is 0 Å². The van der Waals surface area contributed by atoms with Crippen molar-refractivity contribution in [2.45, 2.75) is 32.8 Å². The molecule has 2 N–H and O–H groups in total. The van der Waals surface area contributed by atoms with E-state index in [4.69, 9.17) is 14.2 Å². The van der Waals surface area contributed by atoms with Crippen molar-refractivity contribution in [1.29, 1.82) is 0 Å². The van der Waals surface area contributed by atoms with Crippen LogP contribution in [-0.2, 0) is 30.3 Å². The number of amides is 3. The van der Waals surface area contributed by atoms with Crippen molar-refractivity contribution < 1.29 is 33.4 Å². The van der Waals surface area contributed by atoms with E-state index in [0.29, 0.717) is 35.8 Å². The second kappa shape index (κ2) is 12.1. The predicted molar refractivity (Wildman–Crippen MR) is 133 cm³/mol. The van der Waals surface area contributed by atoms with Crippen LogP contribution in [0.2, 0.25) is 0 Å². The molecule has 0 saturated carbocycles. The Morgan fingerprint density at radius 3 is 2.25 bits per heavy atom. The Hall–Kier alpha value is -4.08. The fourth-order valence-electron chi connectivity index (χ4n) is 3.85. The molecule has 0 spiro atoms. The third-order valence-corrected chi connectivity index (χ3v) is 5.80. The van der Waals surface area contributed by atoms with E-state index in [2.05, 4.69) is 10.6 Å². The van der Waals surface area contributed by atoms with Crippen molar-refractivity contribution in [2.75, 3.05) is 37.9 Å². The molecule has 2 atom stereocenters. The average molecular weight is 498 g/mol. The zero-order chi connectivity index (χ0) is 26.2. The summed E-state index contributed by atoms with van der Waals surface area (Å²) in [5.74, 6) is -0.798. The molecule has 10 nitrogen and oxygen atoms in total. The summed E-state index contributed by atoms with van der Waals surface area (Å²) < 4.78 is 15.9. The summed E-state index contributed by atoms with van der Waals surface area (Å²) in [7, 11) is 3.13. The third-order valence-electron chi connectivity index (χ3n) is 5.80. The molecule has 1 saturated heterocycles. The number of ether oxygens (including phenoxy) is 3. The van der Waals surface area contributed by atoms with Gasteiger partial charge in [0.25, 0.3) is 5.91 Å². The van der Waals surface area contributed by atoms with Gasteiger partial charge in [0, 0.05) is 37.8 Å². The van der Waals surface area contributed by atoms with E-state index in [1.165, 1.54) is 13.8 Å². The first-order chi connectivity index (χ1) is 17.2. The number of rotatable bonds is 10. The number of hydrogen-bond donors (Lipinski definition) is 2. The minimum Gasteiger partial charge on any atom is -0.493 e. The van der Waals surface area contributed by atoms with Gasteiger partial charge in [0.2, 0.25) is 11.8 Å². The number of carbonyl (C=O) groups excluding carboxylic acids is 4. The summed E-state index contributed by atoms with van der Waals surface area (Å²) in [4.78, 5) is 50.3. The van der Waals surface area contributed by atoms with Gasteiger partial charge in [-0.3, -0.25) is 19.2 Å². The fourth-order valence-corrected chi connectivity index (χ4v) is 3.85. The summed E-state index contributed by atoms with van der Waals surface area (Å²) in [6.07, 6.45) is -0.402. The first-order valence-electron chi connectivity index (χ1n) is 11.6. The molecule has 1 aliphatic heterocycles. The third kappa shape index (κ3) is 6.97. The Labute approximate surface area is 209 Å². The lowest BCUT2D eigenvalue weighted by Gasteiger charge is -2.18. The standard InChI is InChI=1S/C26H31N3O7/c1-16(25(32)28-21-8-6-20(7-9-21)27-17(2)30)36-26(33)19-14-24(31)29(15-19)12-11-18-5-10-22(34-3)23(13-18)35-4/h5-10,13,16,19H,11-12,14-15H2,1-4H3,(H,27,30)(H,28,32)/t16-,19+/m0/s1. The fraction of sp³-hybridized carbons (Fsp3) is 0.385. The summed E-state index contributed by atoms with van der Waals surface area (Å²) in [5, 5.41) is 5.30. The molecule has 1 heterocycles. The molecule has 0 aliphatic carbocycles. The van der Waals surface area contributed by atoms with Gasteiger partial charge in [-0.15, -0.1) is 0 Å². The highest BCUT2D eigenvalue weighted by atomic mass is 16.5. The molecule has 1 aliphatic rings. The number of esters is 1. The number of anilines is 2. The number of benzene rings is 2. The predicted octanol–water partition coefficient (Wildman–Crippen LogP) is 2.62. The molecule has 0 bridgehead atoms. The molecule has 0 aromatic heterocycles. The molecule has 2 aromatic carbocycles. The minimum atomic E-state index is -1.04. The van der Waals surface area contributed by atoms with Gasteiger partial charge in [-0.2, -0.15) is 0 Å². The second-order valence-corrected chi connectivity index (χ2v) is 8.51. The van der Waals surface area contributed by atoms with Crippen molar-refractivity contribution in [3.8, 4) is 11.5 Å². The van der Waals surface area contributed by atoms with Gasteiger partial charge in [0.05, 0.1) is 20.1 Å². The maximum atomic E-state index is 12.6. The number of likely N-dealkylation sites (tertiary alicyclic amines) is 1. The van der Waals surface area contributed by atoms with E-state index in [1.807, 2.05) is 18.2 Å². The number of methoxy groups -OCH3 is 2. The Morgan fingerprint density at radius 2 is 1.64 bits per heavy atom. The molecule has 2 aromatic rings. The molecule has 3 rings (SSSR count). The summed E-state index contributed by atoms with van der Waals surface area (Å²) >= 11 is 0.